The highest BCUT2D eigenvalue weighted by Gasteiger charge is 2.16. The Labute approximate surface area is 149 Å². The first-order valence-corrected chi connectivity index (χ1v) is 8.75. The molecule has 1 fully saturated rings. The predicted octanol–water partition coefficient (Wildman–Crippen LogP) is 3.77. The first-order valence-electron chi connectivity index (χ1n) is 8.75. The van der Waals surface area contributed by atoms with Crippen LogP contribution >= 0.6 is 0 Å². The number of nitrogens with one attached hydrogen (secondary N) is 2. The fraction of sp³-hybridized carbons (Fsp3) is 0.474. The SMILES string of the molecule is COc1ccc(CNc2cc(C)nc(NC3CCCC3)n2)cc1OC. The van der Waals surface area contributed by atoms with Crippen molar-refractivity contribution in [3.63, 3.8) is 0 Å². The van der Waals surface area contributed by atoms with Gasteiger partial charge in [-0.1, -0.05) is 18.9 Å². The fourth-order valence-corrected chi connectivity index (χ4v) is 3.16. The first kappa shape index (κ1) is 17.3. The number of benzene rings is 1. The number of ether oxygens (including phenoxy) is 2. The highest BCUT2D eigenvalue weighted by atomic mass is 16.5. The second-order valence-electron chi connectivity index (χ2n) is 6.39. The number of hydrogen-bond donors (Lipinski definition) is 2. The van der Waals surface area contributed by atoms with Crippen molar-refractivity contribution in [3.8, 4) is 11.5 Å². The Balaban J connectivity index is 1.67. The van der Waals surface area contributed by atoms with Gasteiger partial charge in [-0.3, -0.25) is 0 Å². The van der Waals surface area contributed by atoms with E-state index in [9.17, 15) is 0 Å². The van der Waals surface area contributed by atoms with Crippen LogP contribution < -0.4 is 20.1 Å². The summed E-state index contributed by atoms with van der Waals surface area (Å²) in [6, 6.07) is 8.35. The predicted molar refractivity (Wildman–Crippen MR) is 99.5 cm³/mol. The summed E-state index contributed by atoms with van der Waals surface area (Å²) >= 11 is 0. The van der Waals surface area contributed by atoms with E-state index < -0.39 is 0 Å². The van der Waals surface area contributed by atoms with E-state index >= 15 is 0 Å². The molecule has 1 aliphatic rings. The summed E-state index contributed by atoms with van der Waals surface area (Å²) in [6.07, 6.45) is 4.97. The maximum atomic E-state index is 5.35. The van der Waals surface area contributed by atoms with Gasteiger partial charge in [0.15, 0.2) is 11.5 Å². The summed E-state index contributed by atoms with van der Waals surface area (Å²) in [4.78, 5) is 9.10. The Morgan fingerprint density at radius 3 is 2.52 bits per heavy atom. The smallest absolute Gasteiger partial charge is 0.225 e. The number of anilines is 2. The number of aromatic nitrogens is 2. The molecule has 0 spiro atoms. The average molecular weight is 342 g/mol. The zero-order valence-corrected chi connectivity index (χ0v) is 15.1. The molecule has 3 rings (SSSR count). The van der Waals surface area contributed by atoms with Gasteiger partial charge in [0.2, 0.25) is 5.95 Å². The molecule has 1 saturated carbocycles. The van der Waals surface area contributed by atoms with E-state index in [-0.39, 0.29) is 0 Å². The molecule has 25 heavy (non-hydrogen) atoms. The molecule has 0 saturated heterocycles. The summed E-state index contributed by atoms with van der Waals surface area (Å²) in [5, 5.41) is 6.82. The molecule has 0 radical (unpaired) electrons. The molecule has 2 aromatic rings. The zero-order chi connectivity index (χ0) is 17.6. The van der Waals surface area contributed by atoms with Crippen molar-refractivity contribution in [2.24, 2.45) is 0 Å². The summed E-state index contributed by atoms with van der Waals surface area (Å²) in [5.41, 5.74) is 2.05. The van der Waals surface area contributed by atoms with E-state index in [0.29, 0.717) is 18.5 Å². The number of nitrogens with zero attached hydrogens (tertiary/aromatic N) is 2. The van der Waals surface area contributed by atoms with Crippen LogP contribution in [0.5, 0.6) is 11.5 Å². The van der Waals surface area contributed by atoms with Crippen LogP contribution in [0.3, 0.4) is 0 Å². The van der Waals surface area contributed by atoms with Crippen molar-refractivity contribution < 1.29 is 9.47 Å². The first-order chi connectivity index (χ1) is 12.2. The van der Waals surface area contributed by atoms with Crippen molar-refractivity contribution >= 4 is 11.8 Å². The molecule has 6 heteroatoms. The maximum Gasteiger partial charge on any atom is 0.225 e. The third kappa shape index (κ3) is 4.53. The van der Waals surface area contributed by atoms with Crippen LogP contribution in [0.1, 0.15) is 36.9 Å². The molecule has 0 amide bonds. The third-order valence-electron chi connectivity index (χ3n) is 4.46. The monoisotopic (exact) mass is 342 g/mol. The Morgan fingerprint density at radius 2 is 1.80 bits per heavy atom. The molecular formula is C19H26N4O2. The molecule has 6 nitrogen and oxygen atoms in total. The molecule has 1 heterocycles. The molecule has 1 aromatic heterocycles. The molecule has 1 aromatic carbocycles. The lowest BCUT2D eigenvalue weighted by molar-refractivity contribution is 0.354. The van der Waals surface area contributed by atoms with Gasteiger partial charge in [0.1, 0.15) is 5.82 Å². The van der Waals surface area contributed by atoms with Crippen LogP contribution in [0.25, 0.3) is 0 Å². The lowest BCUT2D eigenvalue weighted by Gasteiger charge is -2.14. The van der Waals surface area contributed by atoms with Crippen LogP contribution in [0.15, 0.2) is 24.3 Å². The Morgan fingerprint density at radius 1 is 1.04 bits per heavy atom. The summed E-state index contributed by atoms with van der Waals surface area (Å²) in [6.45, 7) is 2.64. The molecule has 0 atom stereocenters. The summed E-state index contributed by atoms with van der Waals surface area (Å²) in [7, 11) is 3.28. The van der Waals surface area contributed by atoms with Gasteiger partial charge >= 0.3 is 0 Å². The number of rotatable bonds is 7. The van der Waals surface area contributed by atoms with E-state index in [0.717, 1.165) is 28.6 Å². The van der Waals surface area contributed by atoms with Gasteiger partial charge in [0.25, 0.3) is 0 Å². The van der Waals surface area contributed by atoms with Crippen molar-refractivity contribution in [3.05, 3.63) is 35.5 Å². The van der Waals surface area contributed by atoms with Gasteiger partial charge in [-0.25, -0.2) is 4.98 Å². The number of aryl methyl sites for hydroxylation is 1. The van der Waals surface area contributed by atoms with E-state index in [4.69, 9.17) is 9.47 Å². The van der Waals surface area contributed by atoms with Crippen LogP contribution in [0, 0.1) is 6.92 Å². The Hall–Kier alpha value is -2.50. The average Bonchev–Trinajstić information content (AvgIpc) is 3.12. The number of methoxy groups -OCH3 is 2. The van der Waals surface area contributed by atoms with Gasteiger partial charge in [0, 0.05) is 24.3 Å². The number of hydrogen-bond acceptors (Lipinski definition) is 6. The second-order valence-corrected chi connectivity index (χ2v) is 6.39. The molecule has 0 aliphatic heterocycles. The normalized spacial score (nSPS) is 14.4. The molecule has 134 valence electrons. The van der Waals surface area contributed by atoms with Crippen LogP contribution in [-0.2, 0) is 6.54 Å². The van der Waals surface area contributed by atoms with Gasteiger partial charge < -0.3 is 20.1 Å². The minimum absolute atomic E-state index is 0.500. The van der Waals surface area contributed by atoms with Crippen molar-refractivity contribution in [2.45, 2.75) is 45.2 Å². The van der Waals surface area contributed by atoms with Crippen molar-refractivity contribution in [1.82, 2.24) is 9.97 Å². The van der Waals surface area contributed by atoms with Gasteiger partial charge in [-0.05, 0) is 37.5 Å². The van der Waals surface area contributed by atoms with Crippen molar-refractivity contribution in [1.29, 1.82) is 0 Å². The summed E-state index contributed by atoms with van der Waals surface area (Å²) in [5.74, 6) is 2.99. The summed E-state index contributed by atoms with van der Waals surface area (Å²) < 4.78 is 10.6. The lowest BCUT2D eigenvalue weighted by atomic mass is 10.2. The highest BCUT2D eigenvalue weighted by molar-refractivity contribution is 5.46. The quantitative estimate of drug-likeness (QED) is 0.798. The molecule has 0 unspecified atom stereocenters. The van der Waals surface area contributed by atoms with E-state index in [1.807, 2.05) is 31.2 Å². The Bertz CT molecular complexity index is 715. The topological polar surface area (TPSA) is 68.3 Å². The lowest BCUT2D eigenvalue weighted by Crippen LogP contribution is -2.17. The standard InChI is InChI=1S/C19H26N4O2/c1-13-10-18(23-19(21-13)22-15-6-4-5-7-15)20-12-14-8-9-16(24-2)17(11-14)25-3/h8-11,15H,4-7,12H2,1-3H3,(H2,20,21,22,23). The molecule has 0 bridgehead atoms. The molecule has 2 N–H and O–H groups in total. The van der Waals surface area contributed by atoms with Gasteiger partial charge in [-0.15, -0.1) is 0 Å². The highest BCUT2D eigenvalue weighted by Crippen LogP contribution is 2.28. The minimum Gasteiger partial charge on any atom is -0.493 e. The minimum atomic E-state index is 0.500. The maximum absolute atomic E-state index is 5.35. The third-order valence-corrected chi connectivity index (χ3v) is 4.46. The molecule has 1 aliphatic carbocycles. The van der Waals surface area contributed by atoms with Gasteiger partial charge in [0.05, 0.1) is 14.2 Å². The van der Waals surface area contributed by atoms with Gasteiger partial charge in [-0.2, -0.15) is 4.98 Å². The fourth-order valence-electron chi connectivity index (χ4n) is 3.16. The van der Waals surface area contributed by atoms with Crippen molar-refractivity contribution in [2.75, 3.05) is 24.9 Å². The van der Waals surface area contributed by atoms with Crippen LogP contribution in [0.4, 0.5) is 11.8 Å². The van der Waals surface area contributed by atoms with Crippen LogP contribution in [0.2, 0.25) is 0 Å². The van der Waals surface area contributed by atoms with E-state index in [2.05, 4.69) is 20.6 Å². The van der Waals surface area contributed by atoms with Crippen LogP contribution in [-0.4, -0.2) is 30.2 Å². The van der Waals surface area contributed by atoms with E-state index in [1.165, 1.54) is 25.7 Å². The van der Waals surface area contributed by atoms with E-state index in [1.54, 1.807) is 14.2 Å². The second kappa shape index (κ2) is 8.05. The zero-order valence-electron chi connectivity index (χ0n) is 15.1. The molecular weight excluding hydrogens is 316 g/mol. The Kier molecular flexibility index (Phi) is 5.58. The largest absolute Gasteiger partial charge is 0.493 e.